The van der Waals surface area contributed by atoms with E-state index in [0.717, 1.165) is 10.5 Å². The van der Waals surface area contributed by atoms with Gasteiger partial charge in [-0.05, 0) is 72.6 Å². The van der Waals surface area contributed by atoms with E-state index in [1.165, 1.54) is 42.7 Å². The first-order chi connectivity index (χ1) is 20.8. The van der Waals surface area contributed by atoms with Crippen LogP contribution in [0.4, 0.5) is 0 Å². The summed E-state index contributed by atoms with van der Waals surface area (Å²) in [7, 11) is 0. The third-order valence-corrected chi connectivity index (χ3v) is 7.13. The number of amides is 2. The van der Waals surface area contributed by atoms with Gasteiger partial charge in [0.2, 0.25) is 18.0 Å². The first kappa shape index (κ1) is 26.0. The maximum absolute atomic E-state index is 13.2. The second-order valence-electron chi connectivity index (χ2n) is 10.0. The molecule has 0 spiro atoms. The van der Waals surface area contributed by atoms with Gasteiger partial charge >= 0.3 is 5.97 Å². The lowest BCUT2D eigenvalue weighted by Gasteiger charge is -2.14. The molecule has 10 nitrogen and oxygen atoms in total. The molecule has 2 aliphatic heterocycles. The molecular weight excluding hydrogens is 554 g/mol. The predicted octanol–water partition coefficient (Wildman–Crippen LogP) is 5.64. The molecule has 3 heterocycles. The van der Waals surface area contributed by atoms with Gasteiger partial charge < -0.3 is 23.4 Å². The van der Waals surface area contributed by atoms with E-state index in [9.17, 15) is 19.2 Å². The van der Waals surface area contributed by atoms with Crippen molar-refractivity contribution in [1.29, 1.82) is 0 Å². The topological polar surface area (TPSA) is 122 Å². The van der Waals surface area contributed by atoms with Crippen molar-refractivity contribution in [1.82, 2.24) is 4.90 Å². The first-order valence-corrected chi connectivity index (χ1v) is 13.2. The van der Waals surface area contributed by atoms with Crippen LogP contribution >= 0.6 is 0 Å². The van der Waals surface area contributed by atoms with Crippen molar-refractivity contribution >= 4 is 28.8 Å². The van der Waals surface area contributed by atoms with Crippen molar-refractivity contribution in [3.8, 4) is 28.7 Å². The van der Waals surface area contributed by atoms with E-state index in [0.29, 0.717) is 22.8 Å². The summed E-state index contributed by atoms with van der Waals surface area (Å²) in [6.07, 6.45) is 1.21. The van der Waals surface area contributed by atoms with Gasteiger partial charge in [0.25, 0.3) is 11.8 Å². The fourth-order valence-electron chi connectivity index (χ4n) is 4.98. The van der Waals surface area contributed by atoms with Crippen LogP contribution in [-0.4, -0.2) is 29.5 Å². The van der Waals surface area contributed by atoms with Crippen molar-refractivity contribution in [3.05, 3.63) is 123 Å². The Balaban J connectivity index is 1.08. The lowest BCUT2D eigenvalue weighted by Crippen LogP contribution is -2.29. The van der Waals surface area contributed by atoms with Gasteiger partial charge in [-0.3, -0.25) is 19.3 Å². The molecule has 1 aromatic heterocycles. The molecule has 0 N–H and O–H groups in total. The first-order valence-electron chi connectivity index (χ1n) is 13.2. The summed E-state index contributed by atoms with van der Waals surface area (Å²) in [6.45, 7) is 2.06. The number of nitrogens with zero attached hydrogens (tertiary/aromatic N) is 1. The molecule has 0 saturated heterocycles. The molecule has 5 aromatic rings. The van der Waals surface area contributed by atoms with Crippen LogP contribution in [0.15, 0.2) is 94.3 Å². The van der Waals surface area contributed by atoms with Gasteiger partial charge in [-0.2, -0.15) is 0 Å². The van der Waals surface area contributed by atoms with Crippen molar-refractivity contribution in [2.45, 2.75) is 13.5 Å². The van der Waals surface area contributed by atoms with Crippen LogP contribution in [-0.2, 0) is 6.54 Å². The number of hydrogen-bond donors (Lipinski definition) is 0. The summed E-state index contributed by atoms with van der Waals surface area (Å²) in [6, 6.07) is 21.0. The molecule has 4 aromatic carbocycles. The highest BCUT2D eigenvalue weighted by molar-refractivity contribution is 6.21. The molecular formula is C33H21NO9. The summed E-state index contributed by atoms with van der Waals surface area (Å²) in [5.74, 6) is 0.0495. The molecule has 0 unspecified atom stereocenters. The molecule has 0 radical (unpaired) electrons. The predicted molar refractivity (Wildman–Crippen MR) is 152 cm³/mol. The maximum atomic E-state index is 13.2. The monoisotopic (exact) mass is 575 g/mol. The highest BCUT2D eigenvalue weighted by atomic mass is 16.7. The number of carbonyl (C=O) groups excluding carboxylic acids is 3. The summed E-state index contributed by atoms with van der Waals surface area (Å²) in [4.78, 5) is 53.2. The molecule has 2 amide bonds. The van der Waals surface area contributed by atoms with E-state index in [1.54, 1.807) is 30.3 Å². The minimum absolute atomic E-state index is 0.0211. The van der Waals surface area contributed by atoms with Crippen LogP contribution < -0.4 is 24.4 Å². The van der Waals surface area contributed by atoms with Crippen molar-refractivity contribution in [2.75, 3.05) is 6.79 Å². The minimum atomic E-state index is -0.752. The molecule has 10 heteroatoms. The van der Waals surface area contributed by atoms with E-state index in [-0.39, 0.29) is 57.9 Å². The molecule has 0 aliphatic carbocycles. The van der Waals surface area contributed by atoms with Crippen molar-refractivity contribution in [3.63, 3.8) is 0 Å². The Morgan fingerprint density at radius 3 is 2.53 bits per heavy atom. The van der Waals surface area contributed by atoms with Gasteiger partial charge in [0.15, 0.2) is 11.5 Å². The van der Waals surface area contributed by atoms with Gasteiger partial charge in [-0.15, -0.1) is 0 Å². The van der Waals surface area contributed by atoms with Crippen LogP contribution in [0.2, 0.25) is 0 Å². The van der Waals surface area contributed by atoms with E-state index in [2.05, 4.69) is 0 Å². The lowest BCUT2D eigenvalue weighted by molar-refractivity contribution is 0.0641. The SMILES string of the molecule is Cc1cccc(Oc2coc3cc(OC(=O)c4ccc5c(c4)C(=O)N(Cc4ccc6c(c4)OCO6)C5=O)ccc3c2=O)c1. The quantitative estimate of drug-likeness (QED) is 0.144. The molecule has 7 rings (SSSR count). The zero-order valence-electron chi connectivity index (χ0n) is 22.6. The molecule has 0 saturated carbocycles. The number of ether oxygens (including phenoxy) is 4. The van der Waals surface area contributed by atoms with Crippen LogP contribution in [0.25, 0.3) is 11.0 Å². The Kier molecular flexibility index (Phi) is 6.16. The van der Waals surface area contributed by atoms with Crippen LogP contribution in [0.3, 0.4) is 0 Å². The van der Waals surface area contributed by atoms with Gasteiger partial charge in [0.1, 0.15) is 23.3 Å². The highest BCUT2D eigenvalue weighted by Gasteiger charge is 2.36. The van der Waals surface area contributed by atoms with E-state index >= 15 is 0 Å². The standard InChI is InChI=1S/C33H21NO9/c1-18-3-2-4-21(11-18)42-29-16-39-27-14-22(7-9-24(27)30(29)35)43-33(38)20-6-8-23-25(13-20)32(37)34(31(23)36)15-19-5-10-26-28(12-19)41-17-40-26/h2-14,16H,15,17H2,1H3. The van der Waals surface area contributed by atoms with Gasteiger partial charge in [-0.1, -0.05) is 18.2 Å². The Bertz CT molecular complexity index is 2040. The molecule has 0 fully saturated rings. The normalized spacial score (nSPS) is 13.4. The van der Waals surface area contributed by atoms with Gasteiger partial charge in [0, 0.05) is 6.07 Å². The number of imide groups is 1. The lowest BCUT2D eigenvalue weighted by atomic mass is 10.1. The summed E-state index contributed by atoms with van der Waals surface area (Å²) in [5.41, 5.74) is 1.85. The van der Waals surface area contributed by atoms with Crippen LogP contribution in [0, 0.1) is 6.92 Å². The molecule has 0 atom stereocenters. The molecule has 2 aliphatic rings. The molecule has 43 heavy (non-hydrogen) atoms. The van der Waals surface area contributed by atoms with Gasteiger partial charge in [-0.25, -0.2) is 4.79 Å². The smallest absolute Gasteiger partial charge is 0.343 e. The second kappa shape index (κ2) is 10.2. The summed E-state index contributed by atoms with van der Waals surface area (Å²) in [5, 5.41) is 0.245. The Morgan fingerprint density at radius 1 is 0.837 bits per heavy atom. The Hall–Kier alpha value is -5.90. The number of fused-ring (bicyclic) bond motifs is 3. The average Bonchev–Trinajstić information content (AvgIpc) is 3.57. The fraction of sp³-hybridized carbons (Fsp3) is 0.0909. The number of rotatable bonds is 6. The van der Waals surface area contributed by atoms with E-state index < -0.39 is 17.8 Å². The van der Waals surface area contributed by atoms with Crippen molar-refractivity contribution in [2.24, 2.45) is 0 Å². The summed E-state index contributed by atoms with van der Waals surface area (Å²) < 4.78 is 27.5. The van der Waals surface area contributed by atoms with Gasteiger partial charge in [0.05, 0.1) is 28.6 Å². The second-order valence-corrected chi connectivity index (χ2v) is 10.0. The third kappa shape index (κ3) is 4.74. The number of carbonyl (C=O) groups is 3. The Labute approximate surface area is 243 Å². The van der Waals surface area contributed by atoms with Crippen LogP contribution in [0.1, 0.15) is 42.2 Å². The van der Waals surface area contributed by atoms with E-state index in [1.807, 2.05) is 19.1 Å². The number of benzene rings is 4. The fourth-order valence-corrected chi connectivity index (χ4v) is 4.98. The average molecular weight is 576 g/mol. The number of esters is 1. The van der Waals surface area contributed by atoms with E-state index in [4.69, 9.17) is 23.4 Å². The van der Waals surface area contributed by atoms with Crippen molar-refractivity contribution < 1.29 is 37.7 Å². The highest BCUT2D eigenvalue weighted by Crippen LogP contribution is 2.34. The molecule has 212 valence electrons. The molecule has 0 bridgehead atoms. The number of aryl methyl sites for hydroxylation is 1. The third-order valence-electron chi connectivity index (χ3n) is 7.13. The van der Waals surface area contributed by atoms with Crippen LogP contribution in [0.5, 0.6) is 28.7 Å². The zero-order chi connectivity index (χ0) is 29.7. The largest absolute Gasteiger partial charge is 0.460 e. The zero-order valence-corrected chi connectivity index (χ0v) is 22.6. The summed E-state index contributed by atoms with van der Waals surface area (Å²) >= 11 is 0. The Morgan fingerprint density at radius 2 is 1.67 bits per heavy atom. The maximum Gasteiger partial charge on any atom is 0.343 e. The number of hydrogen-bond acceptors (Lipinski definition) is 9. The minimum Gasteiger partial charge on any atom is -0.460 e.